The zero-order valence-corrected chi connectivity index (χ0v) is 17.0. The number of likely N-dealkylation sites (tertiary alicyclic amines) is 1. The van der Waals surface area contributed by atoms with Gasteiger partial charge in [0.05, 0.1) is 6.10 Å². The summed E-state index contributed by atoms with van der Waals surface area (Å²) in [4.78, 5) is 17.0. The smallest absolute Gasteiger partial charge is 0.226 e. The van der Waals surface area contributed by atoms with Crippen molar-refractivity contribution in [2.45, 2.75) is 45.3 Å². The molecule has 1 aliphatic heterocycles. The molecule has 4 heteroatoms. The van der Waals surface area contributed by atoms with Crippen LogP contribution in [0.4, 0.5) is 5.69 Å². The highest BCUT2D eigenvalue weighted by Gasteiger charge is 2.31. The van der Waals surface area contributed by atoms with Crippen LogP contribution in [0.5, 0.6) is 0 Å². The lowest BCUT2D eigenvalue weighted by Gasteiger charge is -2.41. The van der Waals surface area contributed by atoms with Gasteiger partial charge in [-0.15, -0.1) is 0 Å². The topological polar surface area (TPSA) is 43.8 Å². The van der Waals surface area contributed by atoms with Gasteiger partial charge in [-0.05, 0) is 49.9 Å². The number of β-amino-alcohol motifs (C(OH)–C–C–N with tert-alkyl or cyclic N) is 1. The molecule has 1 N–H and O–H groups in total. The Balaban J connectivity index is 1.68. The monoisotopic (exact) mass is 380 g/mol. The Morgan fingerprint density at radius 1 is 1.14 bits per heavy atom. The molecule has 3 rings (SSSR count). The third-order valence-electron chi connectivity index (χ3n) is 5.85. The number of aliphatic hydroxyl groups excluding tert-OH is 1. The molecule has 0 saturated carbocycles. The van der Waals surface area contributed by atoms with Gasteiger partial charge in [0, 0.05) is 31.2 Å². The van der Waals surface area contributed by atoms with Crippen molar-refractivity contribution in [1.82, 2.24) is 4.90 Å². The van der Waals surface area contributed by atoms with Crippen LogP contribution in [0.3, 0.4) is 0 Å². The summed E-state index contributed by atoms with van der Waals surface area (Å²) >= 11 is 0. The van der Waals surface area contributed by atoms with Crippen molar-refractivity contribution in [2.75, 3.05) is 24.5 Å². The normalized spacial score (nSPS) is 19.8. The van der Waals surface area contributed by atoms with Crippen LogP contribution in [-0.2, 0) is 4.79 Å². The number of nitrogens with zero attached hydrogens (tertiary/aromatic N) is 2. The lowest BCUT2D eigenvalue weighted by molar-refractivity contribution is -0.119. The first-order valence-electron chi connectivity index (χ1n) is 10.4. The van der Waals surface area contributed by atoms with Gasteiger partial charge in [-0.1, -0.05) is 55.5 Å². The SMILES string of the molecule is CCC(=O)N(c1ccccc1)C(C)C1CCCN(CC(O)c2ccccc2)C1. The maximum absolute atomic E-state index is 12.7. The van der Waals surface area contributed by atoms with Gasteiger partial charge in [0.2, 0.25) is 5.91 Å². The number of aliphatic hydroxyl groups is 1. The fraction of sp³-hybridized carbons (Fsp3) is 0.458. The van der Waals surface area contributed by atoms with Crippen molar-refractivity contribution in [2.24, 2.45) is 5.92 Å². The molecule has 1 amide bonds. The second-order valence-electron chi connectivity index (χ2n) is 7.78. The van der Waals surface area contributed by atoms with E-state index in [0.717, 1.165) is 37.2 Å². The average molecular weight is 381 g/mol. The van der Waals surface area contributed by atoms with Crippen LogP contribution in [0, 0.1) is 5.92 Å². The van der Waals surface area contributed by atoms with E-state index in [1.165, 1.54) is 0 Å². The number of anilines is 1. The second kappa shape index (κ2) is 9.85. The predicted octanol–water partition coefficient (Wildman–Crippen LogP) is 4.26. The van der Waals surface area contributed by atoms with Crippen LogP contribution in [0.15, 0.2) is 60.7 Å². The van der Waals surface area contributed by atoms with E-state index in [0.29, 0.717) is 18.9 Å². The van der Waals surface area contributed by atoms with E-state index < -0.39 is 6.10 Å². The molecule has 0 bridgehead atoms. The van der Waals surface area contributed by atoms with Gasteiger partial charge < -0.3 is 14.9 Å². The van der Waals surface area contributed by atoms with Crippen LogP contribution in [0.25, 0.3) is 0 Å². The van der Waals surface area contributed by atoms with Crippen molar-refractivity contribution in [3.63, 3.8) is 0 Å². The minimum atomic E-state index is -0.474. The second-order valence-corrected chi connectivity index (χ2v) is 7.78. The van der Waals surface area contributed by atoms with E-state index >= 15 is 0 Å². The number of hydrogen-bond donors (Lipinski definition) is 1. The maximum atomic E-state index is 12.7. The van der Waals surface area contributed by atoms with Crippen LogP contribution in [0.2, 0.25) is 0 Å². The molecule has 3 unspecified atom stereocenters. The summed E-state index contributed by atoms with van der Waals surface area (Å²) in [7, 11) is 0. The molecular weight excluding hydrogens is 348 g/mol. The van der Waals surface area contributed by atoms with Gasteiger partial charge in [-0.2, -0.15) is 0 Å². The highest BCUT2D eigenvalue weighted by atomic mass is 16.3. The van der Waals surface area contributed by atoms with Crippen LogP contribution in [-0.4, -0.2) is 41.6 Å². The van der Waals surface area contributed by atoms with Crippen molar-refractivity contribution in [1.29, 1.82) is 0 Å². The Labute approximate surface area is 168 Å². The van der Waals surface area contributed by atoms with Gasteiger partial charge in [0.25, 0.3) is 0 Å². The number of amides is 1. The first-order valence-corrected chi connectivity index (χ1v) is 10.4. The van der Waals surface area contributed by atoms with E-state index in [1.54, 1.807) is 0 Å². The standard InChI is InChI=1S/C24H32N2O2/c1-3-24(28)26(22-14-8-5-9-15-22)19(2)21-13-10-16-25(17-21)18-23(27)20-11-6-4-7-12-20/h4-9,11-12,14-15,19,21,23,27H,3,10,13,16-18H2,1-2H3. The molecule has 150 valence electrons. The van der Waals surface area contributed by atoms with Gasteiger partial charge in [-0.25, -0.2) is 0 Å². The number of rotatable bonds is 7. The Bertz CT molecular complexity index is 735. The number of para-hydroxylation sites is 1. The van der Waals surface area contributed by atoms with Gasteiger partial charge >= 0.3 is 0 Å². The van der Waals surface area contributed by atoms with Gasteiger partial charge in [0.1, 0.15) is 0 Å². The lowest BCUT2D eigenvalue weighted by atomic mass is 9.89. The Morgan fingerprint density at radius 2 is 1.79 bits per heavy atom. The first-order chi connectivity index (χ1) is 13.6. The third kappa shape index (κ3) is 5.00. The summed E-state index contributed by atoms with van der Waals surface area (Å²) in [6.45, 7) is 6.64. The maximum Gasteiger partial charge on any atom is 0.226 e. The number of carbonyl (C=O) groups excluding carboxylic acids is 1. The van der Waals surface area contributed by atoms with Crippen molar-refractivity contribution in [3.05, 3.63) is 66.2 Å². The summed E-state index contributed by atoms with van der Waals surface area (Å²) in [5.41, 5.74) is 1.94. The molecule has 1 heterocycles. The number of carbonyl (C=O) groups is 1. The van der Waals surface area contributed by atoms with Gasteiger partial charge in [0.15, 0.2) is 0 Å². The highest BCUT2D eigenvalue weighted by molar-refractivity contribution is 5.93. The molecule has 4 nitrogen and oxygen atoms in total. The average Bonchev–Trinajstić information content (AvgIpc) is 2.75. The molecule has 1 saturated heterocycles. The lowest BCUT2D eigenvalue weighted by Crippen LogP contribution is -2.49. The quantitative estimate of drug-likeness (QED) is 0.780. The fourth-order valence-electron chi connectivity index (χ4n) is 4.25. The van der Waals surface area contributed by atoms with Crippen LogP contribution in [0.1, 0.15) is 44.8 Å². The van der Waals surface area contributed by atoms with Crippen LogP contribution >= 0.6 is 0 Å². The summed E-state index contributed by atoms with van der Waals surface area (Å²) in [6.07, 6.45) is 2.24. The fourth-order valence-corrected chi connectivity index (χ4v) is 4.25. The Morgan fingerprint density at radius 3 is 2.43 bits per heavy atom. The van der Waals surface area contributed by atoms with E-state index in [-0.39, 0.29) is 11.9 Å². The molecule has 1 aliphatic rings. The molecule has 28 heavy (non-hydrogen) atoms. The van der Waals surface area contributed by atoms with Crippen molar-refractivity contribution < 1.29 is 9.90 Å². The first kappa shape index (κ1) is 20.6. The van der Waals surface area contributed by atoms with Crippen molar-refractivity contribution >= 4 is 11.6 Å². The van der Waals surface area contributed by atoms with E-state index in [1.807, 2.05) is 72.5 Å². The molecule has 2 aromatic rings. The molecule has 3 atom stereocenters. The largest absolute Gasteiger partial charge is 0.387 e. The number of piperidine rings is 1. The predicted molar refractivity (Wildman–Crippen MR) is 114 cm³/mol. The summed E-state index contributed by atoms with van der Waals surface area (Å²) in [5.74, 6) is 0.563. The minimum absolute atomic E-state index is 0.131. The van der Waals surface area contributed by atoms with E-state index in [4.69, 9.17) is 0 Å². The summed E-state index contributed by atoms with van der Waals surface area (Å²) in [5, 5.41) is 10.6. The molecule has 0 spiro atoms. The molecule has 0 radical (unpaired) electrons. The number of benzene rings is 2. The zero-order chi connectivity index (χ0) is 19.9. The van der Waals surface area contributed by atoms with E-state index in [2.05, 4.69) is 11.8 Å². The van der Waals surface area contributed by atoms with Crippen molar-refractivity contribution in [3.8, 4) is 0 Å². The molecule has 2 aromatic carbocycles. The molecule has 0 aliphatic carbocycles. The third-order valence-corrected chi connectivity index (χ3v) is 5.85. The summed E-state index contributed by atoms with van der Waals surface area (Å²) < 4.78 is 0. The Kier molecular flexibility index (Phi) is 7.24. The Hall–Kier alpha value is -2.17. The molecule has 0 aromatic heterocycles. The van der Waals surface area contributed by atoms with Gasteiger partial charge in [-0.3, -0.25) is 4.79 Å². The minimum Gasteiger partial charge on any atom is -0.387 e. The highest BCUT2D eigenvalue weighted by Crippen LogP contribution is 2.28. The molecule has 1 fully saturated rings. The van der Waals surface area contributed by atoms with Crippen LogP contribution < -0.4 is 4.90 Å². The summed E-state index contributed by atoms with van der Waals surface area (Å²) in [6, 6.07) is 20.0. The molecular formula is C24H32N2O2. The number of hydrogen-bond acceptors (Lipinski definition) is 3. The zero-order valence-electron chi connectivity index (χ0n) is 17.0. The van der Waals surface area contributed by atoms with E-state index in [9.17, 15) is 9.90 Å².